The first kappa shape index (κ1) is 22.0. The predicted molar refractivity (Wildman–Crippen MR) is 103 cm³/mol. The normalized spacial score (nSPS) is 11.5. The predicted octanol–water partition coefficient (Wildman–Crippen LogP) is 2.98. The van der Waals surface area contributed by atoms with Crippen LogP contribution in [0.5, 0.6) is 0 Å². The van der Waals surface area contributed by atoms with Crippen LogP contribution in [0, 0.1) is 0 Å². The van der Waals surface area contributed by atoms with E-state index in [2.05, 4.69) is 46.3 Å². The Hall–Kier alpha value is -2.05. The zero-order valence-corrected chi connectivity index (χ0v) is 16.7. The van der Waals surface area contributed by atoms with Crippen LogP contribution in [0.15, 0.2) is 9.52 Å². The van der Waals surface area contributed by atoms with Crippen LogP contribution < -0.4 is 10.6 Å². The van der Waals surface area contributed by atoms with Crippen LogP contribution in [0.3, 0.4) is 0 Å². The summed E-state index contributed by atoms with van der Waals surface area (Å²) in [6.45, 7) is 8.44. The van der Waals surface area contributed by atoms with Crippen molar-refractivity contribution in [2.75, 3.05) is 20.2 Å². The molecule has 0 aliphatic carbocycles. The third kappa shape index (κ3) is 7.89. The molecule has 7 heteroatoms. The van der Waals surface area contributed by atoms with Gasteiger partial charge >= 0.3 is 5.97 Å². The number of aliphatic imine (C=N–C) groups is 1. The van der Waals surface area contributed by atoms with E-state index in [9.17, 15) is 4.79 Å². The molecule has 0 saturated carbocycles. The summed E-state index contributed by atoms with van der Waals surface area (Å²) in [5.41, 5.74) is 2.10. The fourth-order valence-electron chi connectivity index (χ4n) is 2.67. The van der Waals surface area contributed by atoms with Gasteiger partial charge in [0.05, 0.1) is 19.3 Å². The Morgan fingerprint density at radius 2 is 1.88 bits per heavy atom. The number of hydrogen-bond acceptors (Lipinski definition) is 5. The van der Waals surface area contributed by atoms with Gasteiger partial charge in [0, 0.05) is 31.5 Å². The Morgan fingerprint density at radius 3 is 2.54 bits per heavy atom. The van der Waals surface area contributed by atoms with Gasteiger partial charge in [-0.25, -0.2) is 4.99 Å². The highest BCUT2D eigenvalue weighted by molar-refractivity contribution is 5.79. The highest BCUT2D eigenvalue weighted by Crippen LogP contribution is 2.16. The average Bonchev–Trinajstić information content (AvgIpc) is 3.06. The summed E-state index contributed by atoms with van der Waals surface area (Å²) >= 11 is 0. The summed E-state index contributed by atoms with van der Waals surface area (Å²) in [7, 11) is 1.43. The van der Waals surface area contributed by atoms with Gasteiger partial charge in [-0.3, -0.25) is 4.79 Å². The number of carbonyl (C=O) groups is 1. The number of aryl methyl sites for hydroxylation is 2. The summed E-state index contributed by atoms with van der Waals surface area (Å²) in [6.07, 6.45) is 6.22. The summed E-state index contributed by atoms with van der Waals surface area (Å²) in [4.78, 5) is 15.7. The lowest BCUT2D eigenvalue weighted by atomic mass is 10.1. The third-order valence-electron chi connectivity index (χ3n) is 4.17. The first-order chi connectivity index (χ1) is 12.7. The van der Waals surface area contributed by atoms with Gasteiger partial charge in [0.2, 0.25) is 0 Å². The fourth-order valence-corrected chi connectivity index (χ4v) is 2.67. The molecule has 26 heavy (non-hydrogen) atoms. The molecule has 0 fully saturated rings. The molecule has 0 aliphatic rings. The average molecular weight is 367 g/mol. The molecular weight excluding hydrogens is 332 g/mol. The number of rotatable bonds is 12. The first-order valence-corrected chi connectivity index (χ1v) is 9.71. The zero-order chi connectivity index (χ0) is 19.2. The van der Waals surface area contributed by atoms with Gasteiger partial charge < -0.3 is 19.9 Å². The minimum absolute atomic E-state index is 0.128. The van der Waals surface area contributed by atoms with Crippen LogP contribution in [0.25, 0.3) is 0 Å². The Labute approximate surface area is 157 Å². The van der Waals surface area contributed by atoms with Crippen molar-refractivity contribution in [2.24, 2.45) is 4.99 Å². The molecule has 1 rings (SSSR count). The molecule has 0 spiro atoms. The molecule has 0 saturated heterocycles. The number of nitrogens with one attached hydrogen (secondary N) is 2. The molecule has 0 aliphatic heterocycles. The number of nitrogens with zero attached hydrogens (tertiary/aromatic N) is 2. The van der Waals surface area contributed by atoms with Crippen molar-refractivity contribution in [3.8, 4) is 0 Å². The second-order valence-electron chi connectivity index (χ2n) is 6.10. The van der Waals surface area contributed by atoms with Crippen LogP contribution >= 0.6 is 0 Å². The maximum absolute atomic E-state index is 11.1. The Kier molecular flexibility index (Phi) is 11.2. The lowest BCUT2D eigenvalue weighted by Gasteiger charge is -2.11. The van der Waals surface area contributed by atoms with Gasteiger partial charge in [-0.2, -0.15) is 0 Å². The largest absolute Gasteiger partial charge is 0.469 e. The van der Waals surface area contributed by atoms with Crippen LogP contribution in [-0.4, -0.2) is 37.3 Å². The van der Waals surface area contributed by atoms with E-state index in [1.807, 2.05) is 0 Å². The van der Waals surface area contributed by atoms with E-state index in [-0.39, 0.29) is 5.97 Å². The van der Waals surface area contributed by atoms with E-state index in [0.29, 0.717) is 13.0 Å². The molecule has 0 radical (unpaired) electrons. The maximum Gasteiger partial charge on any atom is 0.305 e. The quantitative estimate of drug-likeness (QED) is 0.256. The second-order valence-corrected chi connectivity index (χ2v) is 6.10. The molecule has 0 atom stereocenters. The number of unbranched alkanes of at least 4 members (excludes halogenated alkanes) is 3. The monoisotopic (exact) mass is 366 g/mol. The van der Waals surface area contributed by atoms with Crippen molar-refractivity contribution in [3.05, 3.63) is 17.0 Å². The molecule has 0 amide bonds. The topological polar surface area (TPSA) is 88.8 Å². The van der Waals surface area contributed by atoms with E-state index in [1.54, 1.807) is 0 Å². The van der Waals surface area contributed by atoms with Crippen LogP contribution in [0.4, 0.5) is 0 Å². The highest BCUT2D eigenvalue weighted by Gasteiger charge is 2.13. The molecular formula is C19H34N4O3. The summed E-state index contributed by atoms with van der Waals surface area (Å²) in [6, 6.07) is 0. The summed E-state index contributed by atoms with van der Waals surface area (Å²) in [5, 5.41) is 10.8. The molecule has 2 N–H and O–H groups in total. The van der Waals surface area contributed by atoms with E-state index in [4.69, 9.17) is 4.52 Å². The Bertz CT molecular complexity index is 533. The number of hydrogen-bond donors (Lipinski definition) is 2. The van der Waals surface area contributed by atoms with Gasteiger partial charge in [0.25, 0.3) is 0 Å². The lowest BCUT2D eigenvalue weighted by Crippen LogP contribution is -2.37. The smallest absolute Gasteiger partial charge is 0.305 e. The molecule has 0 bridgehead atoms. The second kappa shape index (κ2) is 13.2. The van der Waals surface area contributed by atoms with Crippen LogP contribution in [-0.2, 0) is 28.9 Å². The molecule has 1 aromatic rings. The number of ether oxygens (including phenoxy) is 1. The van der Waals surface area contributed by atoms with Crippen LogP contribution in [0.2, 0.25) is 0 Å². The minimum atomic E-state index is -0.128. The summed E-state index contributed by atoms with van der Waals surface area (Å²) < 4.78 is 10.0. The molecule has 7 nitrogen and oxygen atoms in total. The van der Waals surface area contributed by atoms with Crippen molar-refractivity contribution in [1.29, 1.82) is 0 Å². The number of aromatic nitrogens is 1. The zero-order valence-electron chi connectivity index (χ0n) is 16.7. The number of guanidine groups is 1. The van der Waals surface area contributed by atoms with Crippen molar-refractivity contribution < 1.29 is 14.1 Å². The van der Waals surface area contributed by atoms with E-state index < -0.39 is 0 Å². The van der Waals surface area contributed by atoms with Crippen molar-refractivity contribution in [2.45, 2.75) is 72.3 Å². The number of carbonyl (C=O) groups excluding carboxylic acids is 1. The molecule has 1 aromatic heterocycles. The van der Waals surface area contributed by atoms with Crippen molar-refractivity contribution in [3.63, 3.8) is 0 Å². The van der Waals surface area contributed by atoms with Gasteiger partial charge in [-0.15, -0.1) is 0 Å². The molecule has 1 heterocycles. The minimum Gasteiger partial charge on any atom is -0.469 e. The standard InChI is InChI=1S/C19H34N4O3/c1-5-16-15(17(6-2)26-23-16)14-22-19(20-7-3)21-13-11-9-8-10-12-18(24)25-4/h5-14H2,1-4H3,(H2,20,21,22). The van der Waals surface area contributed by atoms with E-state index >= 15 is 0 Å². The highest BCUT2D eigenvalue weighted by atomic mass is 16.5. The Balaban J connectivity index is 2.40. The van der Waals surface area contributed by atoms with Gasteiger partial charge in [0.1, 0.15) is 5.76 Å². The van der Waals surface area contributed by atoms with Gasteiger partial charge in [0.15, 0.2) is 5.96 Å². The number of methoxy groups -OCH3 is 1. The fraction of sp³-hybridized carbons (Fsp3) is 0.737. The maximum atomic E-state index is 11.1. The van der Waals surface area contributed by atoms with E-state index in [0.717, 1.165) is 74.6 Å². The molecule has 0 unspecified atom stereocenters. The van der Waals surface area contributed by atoms with Gasteiger partial charge in [-0.1, -0.05) is 31.8 Å². The van der Waals surface area contributed by atoms with Gasteiger partial charge in [-0.05, 0) is 26.2 Å². The molecule has 0 aromatic carbocycles. The molecule has 148 valence electrons. The lowest BCUT2D eigenvalue weighted by molar-refractivity contribution is -0.140. The summed E-state index contributed by atoms with van der Waals surface area (Å²) in [5.74, 6) is 1.61. The van der Waals surface area contributed by atoms with E-state index in [1.165, 1.54) is 7.11 Å². The van der Waals surface area contributed by atoms with Crippen molar-refractivity contribution >= 4 is 11.9 Å². The van der Waals surface area contributed by atoms with Crippen molar-refractivity contribution in [1.82, 2.24) is 15.8 Å². The third-order valence-corrected chi connectivity index (χ3v) is 4.17. The SMILES string of the molecule is CCNC(=NCc1c(CC)noc1CC)NCCCCCCC(=O)OC. The first-order valence-electron chi connectivity index (χ1n) is 9.71. The Morgan fingerprint density at radius 1 is 1.12 bits per heavy atom. The number of esters is 1. The van der Waals surface area contributed by atoms with Crippen LogP contribution in [0.1, 0.15) is 69.9 Å².